The standard InChI is InChI=1S/C18H39NO4Si2/c1-17(2,3)22-16(21)19-14(13-24(7,8)9)15(12-20)23-25(10,11)18(4,5)6/h12,14-15H,13H2,1-11H3,(H,19,21)/t14-,15+/m0/s1. The van der Waals surface area contributed by atoms with Gasteiger partial charge in [-0.05, 0) is 44.9 Å². The molecule has 2 atom stereocenters. The Morgan fingerprint density at radius 1 is 1.04 bits per heavy atom. The van der Waals surface area contributed by atoms with E-state index >= 15 is 0 Å². The molecular weight excluding hydrogens is 350 g/mol. The van der Waals surface area contributed by atoms with E-state index in [1.165, 1.54) is 0 Å². The van der Waals surface area contributed by atoms with Crippen LogP contribution in [0.15, 0.2) is 0 Å². The Bertz CT molecular complexity index is 459. The van der Waals surface area contributed by atoms with E-state index in [4.69, 9.17) is 9.16 Å². The summed E-state index contributed by atoms with van der Waals surface area (Å²) < 4.78 is 11.7. The van der Waals surface area contributed by atoms with Crippen LogP contribution in [0, 0.1) is 0 Å². The molecule has 148 valence electrons. The van der Waals surface area contributed by atoms with Crippen molar-refractivity contribution in [1.29, 1.82) is 0 Å². The molecular formula is C18H39NO4Si2. The van der Waals surface area contributed by atoms with Crippen LogP contribution in [0.1, 0.15) is 41.5 Å². The van der Waals surface area contributed by atoms with Crippen molar-refractivity contribution >= 4 is 28.8 Å². The van der Waals surface area contributed by atoms with Crippen molar-refractivity contribution in [1.82, 2.24) is 5.32 Å². The van der Waals surface area contributed by atoms with Crippen molar-refractivity contribution in [3.63, 3.8) is 0 Å². The average molecular weight is 390 g/mol. The summed E-state index contributed by atoms with van der Waals surface area (Å²) in [5.74, 6) is 0. The summed E-state index contributed by atoms with van der Waals surface area (Å²) in [6.07, 6.45) is -0.315. The number of ether oxygens (including phenoxy) is 1. The molecule has 1 N–H and O–H groups in total. The smallest absolute Gasteiger partial charge is 0.407 e. The minimum Gasteiger partial charge on any atom is -0.444 e. The number of aldehydes is 1. The van der Waals surface area contributed by atoms with Gasteiger partial charge in [-0.15, -0.1) is 0 Å². The second kappa shape index (κ2) is 8.35. The fourth-order valence-electron chi connectivity index (χ4n) is 2.09. The topological polar surface area (TPSA) is 64.6 Å². The number of alkyl carbamates (subject to hydrolysis) is 1. The van der Waals surface area contributed by atoms with Gasteiger partial charge in [0, 0.05) is 8.07 Å². The van der Waals surface area contributed by atoms with E-state index in [2.05, 4.69) is 58.8 Å². The first-order valence-electron chi connectivity index (χ1n) is 9.01. The van der Waals surface area contributed by atoms with Crippen molar-refractivity contribution < 1.29 is 18.8 Å². The summed E-state index contributed by atoms with van der Waals surface area (Å²) in [6, 6.07) is 0.387. The monoisotopic (exact) mass is 389 g/mol. The lowest BCUT2D eigenvalue weighted by Gasteiger charge is -2.40. The zero-order chi connectivity index (χ0) is 20.3. The third-order valence-corrected chi connectivity index (χ3v) is 10.4. The van der Waals surface area contributed by atoms with Crippen molar-refractivity contribution in [2.45, 2.75) is 103 Å². The molecule has 0 aromatic heterocycles. The quantitative estimate of drug-likeness (QED) is 0.501. The first-order valence-corrected chi connectivity index (χ1v) is 15.6. The van der Waals surface area contributed by atoms with E-state index in [0.717, 1.165) is 12.3 Å². The SMILES string of the molecule is CC(C)(C)OC(=O)N[C@@H](C[Si](C)(C)C)[C@@H](C=O)O[Si](C)(C)C(C)(C)C. The number of hydrogen-bond acceptors (Lipinski definition) is 4. The highest BCUT2D eigenvalue weighted by atomic mass is 28.4. The molecule has 1 amide bonds. The van der Waals surface area contributed by atoms with Crippen molar-refractivity contribution in [3.8, 4) is 0 Å². The first-order chi connectivity index (χ1) is 10.9. The van der Waals surface area contributed by atoms with Gasteiger partial charge in [0.15, 0.2) is 8.32 Å². The molecule has 0 heterocycles. The van der Waals surface area contributed by atoms with Gasteiger partial charge in [-0.2, -0.15) is 0 Å². The third-order valence-electron chi connectivity index (χ3n) is 4.30. The Balaban J connectivity index is 5.41. The molecule has 0 radical (unpaired) electrons. The van der Waals surface area contributed by atoms with Crippen molar-refractivity contribution in [2.75, 3.05) is 0 Å². The highest BCUT2D eigenvalue weighted by Crippen LogP contribution is 2.37. The lowest BCUT2D eigenvalue weighted by Crippen LogP contribution is -2.54. The summed E-state index contributed by atoms with van der Waals surface area (Å²) in [4.78, 5) is 24.1. The number of hydrogen-bond donors (Lipinski definition) is 1. The van der Waals surface area contributed by atoms with Gasteiger partial charge < -0.3 is 19.3 Å². The highest BCUT2D eigenvalue weighted by Gasteiger charge is 2.42. The Morgan fingerprint density at radius 2 is 1.52 bits per heavy atom. The van der Waals surface area contributed by atoms with Crippen LogP contribution in [-0.4, -0.2) is 46.5 Å². The molecule has 25 heavy (non-hydrogen) atoms. The van der Waals surface area contributed by atoms with Gasteiger partial charge in [0.25, 0.3) is 0 Å². The molecule has 0 unspecified atom stereocenters. The summed E-state index contributed by atoms with van der Waals surface area (Å²) in [7, 11) is -3.67. The summed E-state index contributed by atoms with van der Waals surface area (Å²) >= 11 is 0. The van der Waals surface area contributed by atoms with Crippen LogP contribution >= 0.6 is 0 Å². The molecule has 0 aliphatic heterocycles. The van der Waals surface area contributed by atoms with Crippen LogP contribution in [0.2, 0.25) is 43.8 Å². The minimum absolute atomic E-state index is 0.0100. The molecule has 0 rings (SSSR count). The summed E-state index contributed by atoms with van der Waals surface area (Å²) in [5, 5.41) is 2.88. The van der Waals surface area contributed by atoms with Crippen LogP contribution in [0.25, 0.3) is 0 Å². The van der Waals surface area contributed by atoms with Gasteiger partial charge in [-0.3, -0.25) is 0 Å². The van der Waals surface area contributed by atoms with Gasteiger partial charge in [0.05, 0.1) is 6.04 Å². The number of carbonyl (C=O) groups is 2. The molecule has 0 saturated carbocycles. The van der Waals surface area contributed by atoms with Gasteiger partial charge in [-0.25, -0.2) is 4.79 Å². The van der Waals surface area contributed by atoms with Crippen LogP contribution in [0.3, 0.4) is 0 Å². The molecule has 0 aromatic rings. The van der Waals surface area contributed by atoms with E-state index in [0.29, 0.717) is 0 Å². The molecule has 0 aliphatic carbocycles. The van der Waals surface area contributed by atoms with Crippen molar-refractivity contribution in [3.05, 3.63) is 0 Å². The van der Waals surface area contributed by atoms with E-state index in [1.807, 2.05) is 20.8 Å². The van der Waals surface area contributed by atoms with Gasteiger partial charge in [-0.1, -0.05) is 40.4 Å². The lowest BCUT2D eigenvalue weighted by atomic mass is 10.2. The first kappa shape index (κ1) is 24.3. The molecule has 7 heteroatoms. The molecule has 0 saturated heterocycles. The Morgan fingerprint density at radius 3 is 1.84 bits per heavy atom. The number of nitrogens with one attached hydrogen (secondary N) is 1. The average Bonchev–Trinajstić information content (AvgIpc) is 2.29. The molecule has 0 spiro atoms. The number of amides is 1. The van der Waals surface area contributed by atoms with Gasteiger partial charge in [0.2, 0.25) is 0 Å². The second-order valence-electron chi connectivity index (χ2n) is 10.5. The molecule has 0 aromatic carbocycles. The van der Waals surface area contributed by atoms with E-state index in [9.17, 15) is 9.59 Å². The summed E-state index contributed by atoms with van der Waals surface area (Å²) in [5.41, 5.74) is -0.579. The van der Waals surface area contributed by atoms with E-state index < -0.39 is 34.2 Å². The van der Waals surface area contributed by atoms with Crippen LogP contribution in [0.5, 0.6) is 0 Å². The predicted molar refractivity (Wildman–Crippen MR) is 109 cm³/mol. The molecule has 0 aliphatic rings. The molecule has 0 fully saturated rings. The second-order valence-corrected chi connectivity index (χ2v) is 20.8. The molecule has 0 bridgehead atoms. The Hall–Kier alpha value is -0.666. The maximum absolute atomic E-state index is 12.3. The lowest BCUT2D eigenvalue weighted by molar-refractivity contribution is -0.115. The molecule has 5 nitrogen and oxygen atoms in total. The van der Waals surface area contributed by atoms with Crippen LogP contribution in [-0.2, 0) is 14.0 Å². The number of carbonyl (C=O) groups excluding carboxylic acids is 2. The van der Waals surface area contributed by atoms with Gasteiger partial charge >= 0.3 is 6.09 Å². The van der Waals surface area contributed by atoms with E-state index in [-0.39, 0.29) is 11.1 Å². The van der Waals surface area contributed by atoms with Crippen LogP contribution in [0.4, 0.5) is 4.79 Å². The van der Waals surface area contributed by atoms with Crippen molar-refractivity contribution in [2.24, 2.45) is 0 Å². The Labute approximate surface area is 156 Å². The highest BCUT2D eigenvalue weighted by molar-refractivity contribution is 6.76. The predicted octanol–water partition coefficient (Wildman–Crippen LogP) is 4.81. The zero-order valence-electron chi connectivity index (χ0n) is 18.1. The van der Waals surface area contributed by atoms with Crippen LogP contribution < -0.4 is 5.32 Å². The fourth-order valence-corrected chi connectivity index (χ4v) is 5.00. The largest absolute Gasteiger partial charge is 0.444 e. The van der Waals surface area contributed by atoms with Gasteiger partial charge in [0.1, 0.15) is 18.0 Å². The minimum atomic E-state index is -2.13. The maximum atomic E-state index is 12.3. The number of rotatable bonds is 7. The third kappa shape index (κ3) is 9.56. The normalized spacial score (nSPS) is 16.1. The summed E-state index contributed by atoms with van der Waals surface area (Å²) in [6.45, 7) is 22.7. The van der Waals surface area contributed by atoms with E-state index in [1.54, 1.807) is 0 Å². The Kier molecular flexibility index (Phi) is 8.13. The maximum Gasteiger partial charge on any atom is 0.407 e. The zero-order valence-corrected chi connectivity index (χ0v) is 20.1. The fraction of sp³-hybridized carbons (Fsp3) is 0.889.